The van der Waals surface area contributed by atoms with Crippen LogP contribution in [0.15, 0.2) is 108 Å². The highest BCUT2D eigenvalue weighted by atomic mass is 35.5. The Morgan fingerprint density at radius 2 is 1.49 bits per heavy atom. The van der Waals surface area contributed by atoms with Crippen molar-refractivity contribution in [3.05, 3.63) is 130 Å². The summed E-state index contributed by atoms with van der Waals surface area (Å²) in [6.07, 6.45) is 0.927. The summed E-state index contributed by atoms with van der Waals surface area (Å²) in [4.78, 5) is 30.0. The standard InChI is InChI=1S/C35H37Cl2N3O4S/c1-4-26(3)38-35(42)33(21-27-14-7-5-8-15-27)39(23-28-16-12-11-13-25(28)2)34(41)24-40(32-22-29(36)19-20-31(32)37)45(43,44)30-17-9-6-10-18-30/h5-20,22,26,33H,4,21,23-24H2,1-3H3,(H,38,42)/t26-,33+/m1/s1. The van der Waals surface area contributed by atoms with Crippen molar-refractivity contribution in [3.63, 3.8) is 0 Å². The predicted octanol–water partition coefficient (Wildman–Crippen LogP) is 7.05. The van der Waals surface area contributed by atoms with Crippen molar-refractivity contribution < 1.29 is 18.0 Å². The first-order valence-electron chi connectivity index (χ1n) is 14.7. The van der Waals surface area contributed by atoms with Crippen LogP contribution in [0.1, 0.15) is 37.0 Å². The lowest BCUT2D eigenvalue weighted by Crippen LogP contribution is -2.54. The fourth-order valence-electron chi connectivity index (χ4n) is 4.88. The number of sulfonamides is 1. The zero-order valence-corrected chi connectivity index (χ0v) is 27.8. The molecule has 7 nitrogen and oxygen atoms in total. The minimum absolute atomic E-state index is 0.0188. The second kappa shape index (κ2) is 15.4. The van der Waals surface area contributed by atoms with Gasteiger partial charge in [-0.1, -0.05) is 103 Å². The zero-order chi connectivity index (χ0) is 32.6. The van der Waals surface area contributed by atoms with Gasteiger partial charge in [-0.2, -0.15) is 0 Å². The molecule has 0 unspecified atom stereocenters. The van der Waals surface area contributed by atoms with Gasteiger partial charge in [0, 0.05) is 24.0 Å². The third kappa shape index (κ3) is 8.66. The van der Waals surface area contributed by atoms with E-state index >= 15 is 0 Å². The molecule has 0 spiro atoms. The molecule has 45 heavy (non-hydrogen) atoms. The lowest BCUT2D eigenvalue weighted by molar-refractivity contribution is -0.140. The molecule has 2 atom stereocenters. The van der Waals surface area contributed by atoms with E-state index in [-0.39, 0.29) is 45.5 Å². The van der Waals surface area contributed by atoms with E-state index in [2.05, 4.69) is 5.32 Å². The van der Waals surface area contributed by atoms with Crippen molar-refractivity contribution in [2.75, 3.05) is 10.8 Å². The Labute approximate surface area is 275 Å². The Morgan fingerprint density at radius 1 is 0.867 bits per heavy atom. The van der Waals surface area contributed by atoms with Crippen molar-refractivity contribution in [1.29, 1.82) is 0 Å². The molecule has 236 valence electrons. The maximum atomic E-state index is 14.6. The molecule has 4 aromatic carbocycles. The number of carbonyl (C=O) groups excluding carboxylic acids is 2. The van der Waals surface area contributed by atoms with Crippen LogP contribution < -0.4 is 9.62 Å². The van der Waals surface area contributed by atoms with Gasteiger partial charge in [-0.3, -0.25) is 13.9 Å². The van der Waals surface area contributed by atoms with E-state index < -0.39 is 28.5 Å². The van der Waals surface area contributed by atoms with Gasteiger partial charge in [-0.25, -0.2) is 8.42 Å². The number of benzene rings is 4. The van der Waals surface area contributed by atoms with E-state index in [1.165, 1.54) is 29.2 Å². The Bertz CT molecular complexity index is 1720. The van der Waals surface area contributed by atoms with E-state index in [1.54, 1.807) is 24.3 Å². The van der Waals surface area contributed by atoms with Crippen LogP contribution in [-0.4, -0.2) is 43.8 Å². The summed E-state index contributed by atoms with van der Waals surface area (Å²) in [5.41, 5.74) is 2.68. The first kappa shape index (κ1) is 34.0. The first-order valence-corrected chi connectivity index (χ1v) is 16.9. The summed E-state index contributed by atoms with van der Waals surface area (Å²) < 4.78 is 29.2. The molecule has 0 aliphatic heterocycles. The van der Waals surface area contributed by atoms with Gasteiger partial charge in [0.05, 0.1) is 15.6 Å². The van der Waals surface area contributed by atoms with E-state index in [4.69, 9.17) is 23.2 Å². The quantitative estimate of drug-likeness (QED) is 0.166. The molecule has 4 aromatic rings. The number of anilines is 1. The largest absolute Gasteiger partial charge is 0.352 e. The van der Waals surface area contributed by atoms with E-state index in [0.717, 1.165) is 21.0 Å². The van der Waals surface area contributed by atoms with Gasteiger partial charge in [0.1, 0.15) is 12.6 Å². The van der Waals surface area contributed by atoms with Crippen LogP contribution in [0.4, 0.5) is 5.69 Å². The van der Waals surface area contributed by atoms with Crippen molar-refractivity contribution in [2.24, 2.45) is 0 Å². The van der Waals surface area contributed by atoms with Crippen molar-refractivity contribution in [2.45, 2.75) is 57.1 Å². The molecule has 0 aliphatic carbocycles. The van der Waals surface area contributed by atoms with Gasteiger partial charge >= 0.3 is 0 Å². The average molecular weight is 667 g/mol. The summed E-state index contributed by atoms with van der Waals surface area (Å²) >= 11 is 12.8. The molecule has 10 heteroatoms. The molecule has 0 fully saturated rings. The third-order valence-electron chi connectivity index (χ3n) is 7.66. The molecule has 4 rings (SSSR count). The third-order valence-corrected chi connectivity index (χ3v) is 9.99. The summed E-state index contributed by atoms with van der Waals surface area (Å²) in [5.74, 6) is -0.901. The van der Waals surface area contributed by atoms with Crippen LogP contribution in [0.5, 0.6) is 0 Å². The molecule has 0 aromatic heterocycles. The smallest absolute Gasteiger partial charge is 0.264 e. The number of nitrogens with zero attached hydrogens (tertiary/aromatic N) is 2. The Balaban J connectivity index is 1.84. The monoisotopic (exact) mass is 665 g/mol. The average Bonchev–Trinajstić information content (AvgIpc) is 3.04. The van der Waals surface area contributed by atoms with Gasteiger partial charge in [0.25, 0.3) is 10.0 Å². The molecule has 0 heterocycles. The molecule has 0 saturated heterocycles. The summed E-state index contributed by atoms with van der Waals surface area (Å²) in [6, 6.07) is 28.2. The molecule has 0 saturated carbocycles. The number of nitrogens with one attached hydrogen (secondary N) is 1. The van der Waals surface area contributed by atoms with Crippen LogP contribution >= 0.6 is 23.2 Å². The fourth-order valence-corrected chi connectivity index (χ4v) is 6.76. The molecular weight excluding hydrogens is 629 g/mol. The highest BCUT2D eigenvalue weighted by Gasteiger charge is 2.35. The number of hydrogen-bond donors (Lipinski definition) is 1. The topological polar surface area (TPSA) is 86.8 Å². The van der Waals surface area contributed by atoms with Gasteiger partial charge in [0.2, 0.25) is 11.8 Å². The number of hydrogen-bond acceptors (Lipinski definition) is 4. The lowest BCUT2D eigenvalue weighted by atomic mass is 10.0. The molecule has 0 radical (unpaired) electrons. The minimum Gasteiger partial charge on any atom is -0.352 e. The van der Waals surface area contributed by atoms with Crippen LogP contribution in [0.2, 0.25) is 10.0 Å². The van der Waals surface area contributed by atoms with Crippen LogP contribution in [0.3, 0.4) is 0 Å². The molecule has 0 bridgehead atoms. The predicted molar refractivity (Wildman–Crippen MR) is 181 cm³/mol. The van der Waals surface area contributed by atoms with Gasteiger partial charge in [0.15, 0.2) is 0 Å². The van der Waals surface area contributed by atoms with Gasteiger partial charge < -0.3 is 10.2 Å². The van der Waals surface area contributed by atoms with Gasteiger partial charge in [-0.05, 0) is 67.3 Å². The number of amides is 2. The Kier molecular flexibility index (Phi) is 11.7. The SMILES string of the molecule is CC[C@@H](C)NC(=O)[C@H](Cc1ccccc1)N(Cc1ccccc1C)C(=O)CN(c1cc(Cl)ccc1Cl)S(=O)(=O)c1ccccc1. The number of rotatable bonds is 13. The van der Waals surface area contributed by atoms with Crippen LogP contribution in [0.25, 0.3) is 0 Å². The van der Waals surface area contributed by atoms with Crippen LogP contribution in [0, 0.1) is 6.92 Å². The molecule has 2 amide bonds. The normalized spacial score (nSPS) is 12.6. The highest BCUT2D eigenvalue weighted by Crippen LogP contribution is 2.33. The molecule has 1 N–H and O–H groups in total. The van der Waals surface area contributed by atoms with Crippen molar-refractivity contribution in [3.8, 4) is 0 Å². The number of halogens is 2. The highest BCUT2D eigenvalue weighted by molar-refractivity contribution is 7.92. The fraction of sp³-hybridized carbons (Fsp3) is 0.257. The zero-order valence-electron chi connectivity index (χ0n) is 25.5. The first-order chi connectivity index (χ1) is 21.5. The maximum Gasteiger partial charge on any atom is 0.264 e. The van der Waals surface area contributed by atoms with E-state index in [0.29, 0.717) is 6.42 Å². The Hall–Kier alpha value is -3.85. The van der Waals surface area contributed by atoms with Crippen molar-refractivity contribution >= 4 is 50.7 Å². The maximum absolute atomic E-state index is 14.6. The Morgan fingerprint density at radius 3 is 2.13 bits per heavy atom. The number of carbonyl (C=O) groups is 2. The van der Waals surface area contributed by atoms with Gasteiger partial charge in [-0.15, -0.1) is 0 Å². The van der Waals surface area contributed by atoms with Crippen LogP contribution in [-0.2, 0) is 32.6 Å². The molecule has 0 aliphatic rings. The molecular formula is C35H37Cl2N3O4S. The van der Waals surface area contributed by atoms with E-state index in [9.17, 15) is 18.0 Å². The van der Waals surface area contributed by atoms with E-state index in [1.807, 2.05) is 75.4 Å². The summed E-state index contributed by atoms with van der Waals surface area (Å²) in [7, 11) is -4.29. The second-order valence-electron chi connectivity index (χ2n) is 10.9. The second-order valence-corrected chi connectivity index (χ2v) is 13.6. The minimum atomic E-state index is -4.29. The summed E-state index contributed by atoms with van der Waals surface area (Å²) in [6.45, 7) is 5.26. The summed E-state index contributed by atoms with van der Waals surface area (Å²) in [5, 5.41) is 3.40. The lowest BCUT2D eigenvalue weighted by Gasteiger charge is -2.34. The van der Waals surface area contributed by atoms with Crippen molar-refractivity contribution in [1.82, 2.24) is 10.2 Å². The number of aryl methyl sites for hydroxylation is 1.